The molecule has 1 heterocycles. The second-order valence-electron chi connectivity index (χ2n) is 5.91. The third-order valence-corrected chi connectivity index (χ3v) is 3.79. The number of phenolic OH excluding ortho intramolecular Hbond substituents is 1. The molecule has 0 radical (unpaired) electrons. The minimum absolute atomic E-state index is 0.215. The number of amides is 1. The highest BCUT2D eigenvalue weighted by molar-refractivity contribution is 6.47. The van der Waals surface area contributed by atoms with E-state index in [9.17, 15) is 14.7 Å². The van der Waals surface area contributed by atoms with Crippen LogP contribution >= 0.6 is 0 Å². The van der Waals surface area contributed by atoms with Crippen LogP contribution in [0.15, 0.2) is 54.3 Å². The van der Waals surface area contributed by atoms with E-state index in [-0.39, 0.29) is 12.3 Å². The lowest BCUT2D eigenvalue weighted by Crippen LogP contribution is -2.26. The zero-order valence-corrected chi connectivity index (χ0v) is 14.2. The third-order valence-electron chi connectivity index (χ3n) is 3.79. The SMILES string of the molecule is C=C/C=C1\C(=C/C)C(=O)C(=O)N1Cc1ccc(O)c(CN(C)C)c1. The van der Waals surface area contributed by atoms with Crippen LogP contribution in [0.3, 0.4) is 0 Å². The minimum Gasteiger partial charge on any atom is -0.508 e. The number of rotatable bonds is 5. The van der Waals surface area contributed by atoms with Crippen molar-refractivity contribution in [3.8, 4) is 5.75 Å². The molecular formula is C19H22N2O3. The standard InChI is InChI=1S/C19H22N2O3/c1-5-7-16-15(6-2)18(23)19(24)21(16)11-13-8-9-17(22)14(10-13)12-20(3)4/h5-10,22H,1,11-12H2,2-4H3/b15-6+,16-7+. The monoisotopic (exact) mass is 326 g/mol. The van der Waals surface area contributed by atoms with Gasteiger partial charge in [0.1, 0.15) is 5.75 Å². The number of hydrogen-bond donors (Lipinski definition) is 1. The molecule has 1 aliphatic rings. The molecule has 0 aromatic heterocycles. The number of phenols is 1. The van der Waals surface area contributed by atoms with Crippen molar-refractivity contribution in [3.05, 3.63) is 65.4 Å². The van der Waals surface area contributed by atoms with Crippen LogP contribution in [0.4, 0.5) is 0 Å². The fourth-order valence-electron chi connectivity index (χ4n) is 2.72. The summed E-state index contributed by atoms with van der Waals surface area (Å²) in [5.74, 6) is -0.830. The second-order valence-corrected chi connectivity index (χ2v) is 5.91. The van der Waals surface area contributed by atoms with Crippen molar-refractivity contribution in [3.63, 3.8) is 0 Å². The van der Waals surface area contributed by atoms with E-state index in [4.69, 9.17) is 0 Å². The van der Waals surface area contributed by atoms with Gasteiger partial charge in [-0.15, -0.1) is 0 Å². The number of allylic oxidation sites excluding steroid dienone is 4. The molecule has 1 aromatic carbocycles. The Morgan fingerprint density at radius 3 is 2.58 bits per heavy atom. The van der Waals surface area contributed by atoms with Gasteiger partial charge in [-0.25, -0.2) is 0 Å². The van der Waals surface area contributed by atoms with Gasteiger partial charge >= 0.3 is 0 Å². The van der Waals surface area contributed by atoms with Crippen molar-refractivity contribution in [2.45, 2.75) is 20.0 Å². The Kier molecular flexibility index (Phi) is 5.36. The van der Waals surface area contributed by atoms with Crippen molar-refractivity contribution in [2.24, 2.45) is 0 Å². The van der Waals surface area contributed by atoms with Crippen molar-refractivity contribution < 1.29 is 14.7 Å². The number of Topliss-reactive ketones (excluding diaryl/α,β-unsaturated/α-hetero) is 1. The lowest BCUT2D eigenvalue weighted by Gasteiger charge is -2.18. The van der Waals surface area contributed by atoms with Crippen LogP contribution in [0.25, 0.3) is 0 Å². The van der Waals surface area contributed by atoms with Crippen LogP contribution in [-0.2, 0) is 22.7 Å². The van der Waals surface area contributed by atoms with E-state index in [1.807, 2.05) is 25.1 Å². The largest absolute Gasteiger partial charge is 0.508 e. The summed E-state index contributed by atoms with van der Waals surface area (Å²) in [6, 6.07) is 5.22. The third kappa shape index (κ3) is 3.46. The number of aromatic hydroxyl groups is 1. The lowest BCUT2D eigenvalue weighted by molar-refractivity contribution is -0.139. The maximum Gasteiger partial charge on any atom is 0.299 e. The number of carbonyl (C=O) groups is 2. The van der Waals surface area contributed by atoms with Crippen LogP contribution in [-0.4, -0.2) is 40.7 Å². The molecule has 1 fully saturated rings. The Balaban J connectivity index is 2.36. The summed E-state index contributed by atoms with van der Waals surface area (Å²) < 4.78 is 0. The van der Waals surface area contributed by atoms with Crippen molar-refractivity contribution >= 4 is 11.7 Å². The maximum atomic E-state index is 12.3. The molecule has 1 amide bonds. The van der Waals surface area contributed by atoms with Gasteiger partial charge in [0.25, 0.3) is 11.7 Å². The highest BCUT2D eigenvalue weighted by Crippen LogP contribution is 2.29. The molecule has 126 valence electrons. The Hall–Kier alpha value is -2.66. The fraction of sp³-hybridized carbons (Fsp3) is 0.263. The average molecular weight is 326 g/mol. The van der Waals surface area contributed by atoms with Gasteiger partial charge in [0.2, 0.25) is 0 Å². The second kappa shape index (κ2) is 7.27. The van der Waals surface area contributed by atoms with Crippen molar-refractivity contribution in [1.82, 2.24) is 9.80 Å². The first-order valence-corrected chi connectivity index (χ1v) is 7.70. The topological polar surface area (TPSA) is 60.9 Å². The Labute approximate surface area is 142 Å². The zero-order valence-electron chi connectivity index (χ0n) is 14.2. The molecule has 24 heavy (non-hydrogen) atoms. The minimum atomic E-state index is -0.543. The molecule has 2 rings (SSSR count). The Morgan fingerprint density at radius 1 is 1.29 bits per heavy atom. The van der Waals surface area contributed by atoms with Gasteiger partial charge in [-0.2, -0.15) is 0 Å². The lowest BCUT2D eigenvalue weighted by atomic mass is 10.1. The number of benzene rings is 1. The molecule has 0 spiro atoms. The average Bonchev–Trinajstić information content (AvgIpc) is 2.75. The number of likely N-dealkylation sites (tertiary alicyclic amines) is 1. The van der Waals surface area contributed by atoms with Crippen molar-refractivity contribution in [2.75, 3.05) is 14.1 Å². The van der Waals surface area contributed by atoms with Crippen LogP contribution in [0.2, 0.25) is 0 Å². The van der Waals surface area contributed by atoms with Gasteiger partial charge < -0.3 is 14.9 Å². The van der Waals surface area contributed by atoms with E-state index >= 15 is 0 Å². The summed E-state index contributed by atoms with van der Waals surface area (Å²) in [5.41, 5.74) is 2.58. The molecule has 1 aliphatic heterocycles. The number of carbonyl (C=O) groups excluding carboxylic acids is 2. The van der Waals surface area contributed by atoms with Crippen LogP contribution in [0, 0.1) is 0 Å². The van der Waals surface area contributed by atoms with E-state index in [1.54, 1.807) is 37.3 Å². The van der Waals surface area contributed by atoms with E-state index in [0.29, 0.717) is 17.8 Å². The number of nitrogens with zero attached hydrogens (tertiary/aromatic N) is 2. The summed E-state index contributed by atoms with van der Waals surface area (Å²) in [7, 11) is 3.83. The van der Waals surface area contributed by atoms with E-state index in [0.717, 1.165) is 11.1 Å². The molecule has 1 N–H and O–H groups in total. The van der Waals surface area contributed by atoms with E-state index in [2.05, 4.69) is 6.58 Å². The molecule has 5 heteroatoms. The first-order valence-electron chi connectivity index (χ1n) is 7.70. The molecule has 5 nitrogen and oxygen atoms in total. The molecule has 0 atom stereocenters. The summed E-state index contributed by atoms with van der Waals surface area (Å²) in [4.78, 5) is 27.8. The molecule has 0 bridgehead atoms. The van der Waals surface area contributed by atoms with E-state index < -0.39 is 11.7 Å². The summed E-state index contributed by atoms with van der Waals surface area (Å²) in [6.07, 6.45) is 4.87. The summed E-state index contributed by atoms with van der Waals surface area (Å²) >= 11 is 0. The van der Waals surface area contributed by atoms with Crippen LogP contribution in [0.5, 0.6) is 5.75 Å². The maximum absolute atomic E-state index is 12.3. The molecule has 0 saturated carbocycles. The summed E-state index contributed by atoms with van der Waals surface area (Å²) in [6.45, 7) is 6.24. The normalized spacial score (nSPS) is 18.2. The highest BCUT2D eigenvalue weighted by atomic mass is 16.3. The quantitative estimate of drug-likeness (QED) is 0.667. The Bertz CT molecular complexity index is 745. The molecule has 1 aromatic rings. The van der Waals surface area contributed by atoms with Gasteiger partial charge in [0, 0.05) is 17.7 Å². The predicted molar refractivity (Wildman–Crippen MR) is 93.1 cm³/mol. The molecule has 0 unspecified atom stereocenters. The van der Waals surface area contributed by atoms with Crippen LogP contribution < -0.4 is 0 Å². The highest BCUT2D eigenvalue weighted by Gasteiger charge is 2.38. The van der Waals surface area contributed by atoms with Gasteiger partial charge in [-0.3, -0.25) is 9.59 Å². The van der Waals surface area contributed by atoms with Crippen LogP contribution in [0.1, 0.15) is 18.1 Å². The first-order chi connectivity index (χ1) is 11.4. The molecule has 1 saturated heterocycles. The smallest absolute Gasteiger partial charge is 0.299 e. The number of hydrogen-bond acceptors (Lipinski definition) is 4. The predicted octanol–water partition coefficient (Wildman–Crippen LogP) is 2.38. The van der Waals surface area contributed by atoms with Gasteiger partial charge in [-0.05, 0) is 44.8 Å². The van der Waals surface area contributed by atoms with Crippen molar-refractivity contribution in [1.29, 1.82) is 0 Å². The van der Waals surface area contributed by atoms with Gasteiger partial charge in [-0.1, -0.05) is 24.8 Å². The Morgan fingerprint density at radius 2 is 2.00 bits per heavy atom. The van der Waals surface area contributed by atoms with Gasteiger partial charge in [0.05, 0.1) is 12.2 Å². The molecular weight excluding hydrogens is 304 g/mol. The van der Waals surface area contributed by atoms with E-state index in [1.165, 1.54) is 4.90 Å². The zero-order chi connectivity index (χ0) is 17.9. The fourth-order valence-corrected chi connectivity index (χ4v) is 2.72. The number of ketones is 1. The molecule has 0 aliphatic carbocycles. The van der Waals surface area contributed by atoms with Gasteiger partial charge in [0.15, 0.2) is 0 Å². The first kappa shape index (κ1) is 17.7. The summed E-state index contributed by atoms with van der Waals surface area (Å²) in [5, 5.41) is 9.96.